The molecule has 1 heterocycles. The SMILES string of the molecule is CCC(O)CN1CCCCC1. The number of hydrogen-bond acceptors (Lipinski definition) is 2. The van der Waals surface area contributed by atoms with Gasteiger partial charge in [0.1, 0.15) is 0 Å². The average Bonchev–Trinajstić information content (AvgIpc) is 2.06. The third kappa shape index (κ3) is 3.21. The number of likely N-dealkylation sites (tertiary alicyclic amines) is 1. The Bertz CT molecular complexity index is 99.7. The monoisotopic (exact) mass is 157 g/mol. The van der Waals surface area contributed by atoms with Gasteiger partial charge in [0, 0.05) is 6.54 Å². The molecule has 1 saturated heterocycles. The van der Waals surface area contributed by atoms with Gasteiger partial charge in [0.25, 0.3) is 0 Å². The highest BCUT2D eigenvalue weighted by molar-refractivity contribution is 4.67. The summed E-state index contributed by atoms with van der Waals surface area (Å²) in [4.78, 5) is 2.37. The Labute approximate surface area is 69.2 Å². The van der Waals surface area contributed by atoms with Gasteiger partial charge < -0.3 is 10.0 Å². The number of piperidine rings is 1. The van der Waals surface area contributed by atoms with Crippen LogP contribution in [0.2, 0.25) is 0 Å². The molecular formula is C9H19NO. The summed E-state index contributed by atoms with van der Waals surface area (Å²) in [5.74, 6) is 0. The first-order valence-electron chi connectivity index (χ1n) is 4.73. The summed E-state index contributed by atoms with van der Waals surface area (Å²) in [5.41, 5.74) is 0. The van der Waals surface area contributed by atoms with Crippen molar-refractivity contribution in [2.45, 2.75) is 38.7 Å². The van der Waals surface area contributed by atoms with Gasteiger partial charge in [0.2, 0.25) is 0 Å². The molecule has 1 aliphatic heterocycles. The van der Waals surface area contributed by atoms with Crippen molar-refractivity contribution >= 4 is 0 Å². The summed E-state index contributed by atoms with van der Waals surface area (Å²) in [7, 11) is 0. The van der Waals surface area contributed by atoms with Crippen molar-refractivity contribution in [3.63, 3.8) is 0 Å². The van der Waals surface area contributed by atoms with Crippen LogP contribution in [0.1, 0.15) is 32.6 Å². The van der Waals surface area contributed by atoms with Crippen molar-refractivity contribution in [1.29, 1.82) is 0 Å². The van der Waals surface area contributed by atoms with Gasteiger partial charge in [-0.25, -0.2) is 0 Å². The summed E-state index contributed by atoms with van der Waals surface area (Å²) >= 11 is 0. The fraction of sp³-hybridized carbons (Fsp3) is 1.00. The minimum absolute atomic E-state index is 0.104. The maximum Gasteiger partial charge on any atom is 0.0664 e. The van der Waals surface area contributed by atoms with Gasteiger partial charge in [-0.05, 0) is 32.4 Å². The van der Waals surface area contributed by atoms with Crippen LogP contribution in [0, 0.1) is 0 Å². The summed E-state index contributed by atoms with van der Waals surface area (Å²) in [5, 5.41) is 9.37. The molecule has 0 aromatic carbocycles. The van der Waals surface area contributed by atoms with E-state index in [1.165, 1.54) is 32.4 Å². The van der Waals surface area contributed by atoms with Crippen molar-refractivity contribution in [3.05, 3.63) is 0 Å². The van der Waals surface area contributed by atoms with Gasteiger partial charge >= 0.3 is 0 Å². The molecule has 11 heavy (non-hydrogen) atoms. The van der Waals surface area contributed by atoms with Crippen LogP contribution in [0.25, 0.3) is 0 Å². The van der Waals surface area contributed by atoms with Crippen LogP contribution in [-0.2, 0) is 0 Å². The Balaban J connectivity index is 2.13. The molecule has 1 unspecified atom stereocenters. The van der Waals surface area contributed by atoms with E-state index in [9.17, 15) is 5.11 Å². The van der Waals surface area contributed by atoms with Gasteiger partial charge in [-0.3, -0.25) is 0 Å². The van der Waals surface area contributed by atoms with E-state index < -0.39 is 0 Å². The highest BCUT2D eigenvalue weighted by atomic mass is 16.3. The fourth-order valence-electron chi connectivity index (χ4n) is 1.57. The van der Waals surface area contributed by atoms with Gasteiger partial charge in [0.15, 0.2) is 0 Å². The largest absolute Gasteiger partial charge is 0.392 e. The van der Waals surface area contributed by atoms with E-state index in [4.69, 9.17) is 0 Å². The Morgan fingerprint density at radius 1 is 1.27 bits per heavy atom. The number of β-amino-alcohol motifs (C(OH)–C–C–N with tert-alkyl or cyclic N) is 1. The normalized spacial score (nSPS) is 23.5. The van der Waals surface area contributed by atoms with Crippen molar-refractivity contribution in [2.75, 3.05) is 19.6 Å². The Morgan fingerprint density at radius 3 is 2.45 bits per heavy atom. The number of hydrogen-bond donors (Lipinski definition) is 1. The van der Waals surface area contributed by atoms with Crippen LogP contribution in [-0.4, -0.2) is 35.7 Å². The lowest BCUT2D eigenvalue weighted by Crippen LogP contribution is -2.36. The van der Waals surface area contributed by atoms with Crippen molar-refractivity contribution in [3.8, 4) is 0 Å². The minimum Gasteiger partial charge on any atom is -0.392 e. The molecule has 1 rings (SSSR count). The van der Waals surface area contributed by atoms with E-state index in [1.807, 2.05) is 6.92 Å². The molecule has 0 radical (unpaired) electrons. The Kier molecular flexibility index (Phi) is 3.87. The number of nitrogens with zero attached hydrogens (tertiary/aromatic N) is 1. The molecule has 0 saturated carbocycles. The van der Waals surface area contributed by atoms with Gasteiger partial charge in [0.05, 0.1) is 6.10 Å². The quantitative estimate of drug-likeness (QED) is 0.666. The second-order valence-electron chi connectivity index (χ2n) is 3.42. The molecule has 1 fully saturated rings. The fourth-order valence-corrected chi connectivity index (χ4v) is 1.57. The van der Waals surface area contributed by atoms with Crippen LogP contribution in [0.15, 0.2) is 0 Å². The lowest BCUT2D eigenvalue weighted by molar-refractivity contribution is 0.0984. The highest BCUT2D eigenvalue weighted by Gasteiger charge is 2.12. The van der Waals surface area contributed by atoms with Crippen LogP contribution in [0.5, 0.6) is 0 Å². The minimum atomic E-state index is -0.104. The first-order valence-corrected chi connectivity index (χ1v) is 4.73. The summed E-state index contributed by atoms with van der Waals surface area (Å²) < 4.78 is 0. The van der Waals surface area contributed by atoms with Gasteiger partial charge in [-0.1, -0.05) is 13.3 Å². The highest BCUT2D eigenvalue weighted by Crippen LogP contribution is 2.09. The van der Waals surface area contributed by atoms with E-state index in [0.29, 0.717) is 0 Å². The predicted molar refractivity (Wildman–Crippen MR) is 46.6 cm³/mol. The molecule has 66 valence electrons. The zero-order valence-electron chi connectivity index (χ0n) is 7.42. The smallest absolute Gasteiger partial charge is 0.0664 e. The standard InChI is InChI=1S/C9H19NO/c1-2-9(11)8-10-6-4-3-5-7-10/h9,11H,2-8H2,1H3. The van der Waals surface area contributed by atoms with E-state index in [-0.39, 0.29) is 6.10 Å². The molecule has 1 aliphatic rings. The maximum atomic E-state index is 9.37. The molecule has 0 aromatic rings. The number of rotatable bonds is 3. The van der Waals surface area contributed by atoms with E-state index >= 15 is 0 Å². The molecule has 0 spiro atoms. The Morgan fingerprint density at radius 2 is 1.91 bits per heavy atom. The summed E-state index contributed by atoms with van der Waals surface area (Å²) in [6, 6.07) is 0. The molecular weight excluding hydrogens is 138 g/mol. The Hall–Kier alpha value is -0.0800. The molecule has 1 N–H and O–H groups in total. The van der Waals surface area contributed by atoms with E-state index in [1.54, 1.807) is 0 Å². The molecule has 1 atom stereocenters. The maximum absolute atomic E-state index is 9.37. The third-order valence-corrected chi connectivity index (χ3v) is 2.39. The second kappa shape index (κ2) is 4.73. The molecule has 2 heteroatoms. The predicted octanol–water partition coefficient (Wildman–Crippen LogP) is 1.24. The lowest BCUT2D eigenvalue weighted by atomic mass is 10.1. The zero-order valence-corrected chi connectivity index (χ0v) is 7.42. The molecule has 0 amide bonds. The topological polar surface area (TPSA) is 23.5 Å². The first kappa shape index (κ1) is 9.01. The first-order chi connectivity index (χ1) is 5.33. The van der Waals surface area contributed by atoms with Crippen molar-refractivity contribution in [1.82, 2.24) is 4.90 Å². The van der Waals surface area contributed by atoms with Crippen LogP contribution < -0.4 is 0 Å². The second-order valence-corrected chi connectivity index (χ2v) is 3.42. The van der Waals surface area contributed by atoms with Gasteiger partial charge in [-0.15, -0.1) is 0 Å². The van der Waals surface area contributed by atoms with Crippen molar-refractivity contribution in [2.24, 2.45) is 0 Å². The average molecular weight is 157 g/mol. The molecule has 0 bridgehead atoms. The summed E-state index contributed by atoms with van der Waals surface area (Å²) in [6.07, 6.45) is 4.79. The van der Waals surface area contributed by atoms with Crippen molar-refractivity contribution < 1.29 is 5.11 Å². The summed E-state index contributed by atoms with van der Waals surface area (Å²) in [6.45, 7) is 5.30. The lowest BCUT2D eigenvalue weighted by Gasteiger charge is -2.27. The van der Waals surface area contributed by atoms with E-state index in [2.05, 4.69) is 4.90 Å². The molecule has 0 aromatic heterocycles. The van der Waals surface area contributed by atoms with Crippen LogP contribution >= 0.6 is 0 Å². The molecule has 0 aliphatic carbocycles. The third-order valence-electron chi connectivity index (χ3n) is 2.39. The number of aliphatic hydroxyl groups is 1. The van der Waals surface area contributed by atoms with Crippen LogP contribution in [0.3, 0.4) is 0 Å². The molecule has 2 nitrogen and oxygen atoms in total. The zero-order chi connectivity index (χ0) is 8.10. The van der Waals surface area contributed by atoms with Crippen LogP contribution in [0.4, 0.5) is 0 Å². The van der Waals surface area contributed by atoms with E-state index in [0.717, 1.165) is 13.0 Å². The number of aliphatic hydroxyl groups excluding tert-OH is 1. The van der Waals surface area contributed by atoms with Gasteiger partial charge in [-0.2, -0.15) is 0 Å².